The number of hydrogen-bond donors (Lipinski definition) is 1. The summed E-state index contributed by atoms with van der Waals surface area (Å²) < 4.78 is 16.0. The molecule has 2 atom stereocenters. The van der Waals surface area contributed by atoms with Gasteiger partial charge in [-0.2, -0.15) is 0 Å². The highest BCUT2D eigenvalue weighted by molar-refractivity contribution is 5.86. The number of halogens is 1. The van der Waals surface area contributed by atoms with Gasteiger partial charge in [0, 0.05) is 23.5 Å². The molecule has 0 spiro atoms. The standard InChI is InChI=1S/C17H18FNO2/c1-9(17(20)21)12-4-5-19-15-7-11(18)6-13(10-2-3-10)14(15)8-16(12)19/h6-10,12H,2-5H2,1H3,(H,20,21). The molecule has 1 fully saturated rings. The maximum absolute atomic E-state index is 13.9. The van der Waals surface area contributed by atoms with E-state index < -0.39 is 11.9 Å². The number of rotatable bonds is 3. The number of aryl methyl sites for hydroxylation is 1. The summed E-state index contributed by atoms with van der Waals surface area (Å²) in [6.45, 7) is 2.55. The molecular formula is C17H18FNO2. The van der Waals surface area contributed by atoms with Gasteiger partial charge in [-0.15, -0.1) is 0 Å². The van der Waals surface area contributed by atoms with Crippen LogP contribution in [0.1, 0.15) is 49.3 Å². The number of carboxylic acids is 1. The third-order valence-corrected chi connectivity index (χ3v) is 5.10. The molecule has 2 unspecified atom stereocenters. The van der Waals surface area contributed by atoms with Crippen molar-refractivity contribution in [3.63, 3.8) is 0 Å². The molecule has 0 bridgehead atoms. The van der Waals surface area contributed by atoms with E-state index in [-0.39, 0.29) is 11.7 Å². The van der Waals surface area contributed by atoms with Crippen LogP contribution in [0.25, 0.3) is 10.9 Å². The van der Waals surface area contributed by atoms with Crippen LogP contribution in [0.5, 0.6) is 0 Å². The summed E-state index contributed by atoms with van der Waals surface area (Å²) in [5, 5.41) is 10.4. The fourth-order valence-corrected chi connectivity index (χ4v) is 3.75. The molecule has 0 radical (unpaired) electrons. The van der Waals surface area contributed by atoms with Crippen LogP contribution >= 0.6 is 0 Å². The highest BCUT2D eigenvalue weighted by atomic mass is 19.1. The van der Waals surface area contributed by atoms with Crippen LogP contribution in [0.15, 0.2) is 18.2 Å². The molecule has 2 heterocycles. The molecule has 0 saturated heterocycles. The largest absolute Gasteiger partial charge is 0.481 e. The lowest BCUT2D eigenvalue weighted by Crippen LogP contribution is -2.17. The Kier molecular flexibility index (Phi) is 2.65. The van der Waals surface area contributed by atoms with Gasteiger partial charge < -0.3 is 9.67 Å². The lowest BCUT2D eigenvalue weighted by molar-refractivity contribution is -0.141. The molecule has 2 aromatic rings. The van der Waals surface area contributed by atoms with Gasteiger partial charge in [-0.25, -0.2) is 4.39 Å². The first-order valence-electron chi connectivity index (χ1n) is 7.61. The van der Waals surface area contributed by atoms with Gasteiger partial charge >= 0.3 is 5.97 Å². The maximum atomic E-state index is 13.9. The van der Waals surface area contributed by atoms with Crippen LogP contribution in [0, 0.1) is 11.7 Å². The van der Waals surface area contributed by atoms with Gasteiger partial charge in [-0.05, 0) is 48.9 Å². The summed E-state index contributed by atoms with van der Waals surface area (Å²) in [6.07, 6.45) is 3.09. The quantitative estimate of drug-likeness (QED) is 0.931. The summed E-state index contributed by atoms with van der Waals surface area (Å²) in [7, 11) is 0. The first-order valence-corrected chi connectivity index (χ1v) is 7.61. The predicted octanol–water partition coefficient (Wildman–Crippen LogP) is 3.87. The van der Waals surface area contributed by atoms with Gasteiger partial charge in [0.2, 0.25) is 0 Å². The van der Waals surface area contributed by atoms with Crippen molar-refractivity contribution in [3.05, 3.63) is 35.3 Å². The molecule has 4 heteroatoms. The third-order valence-electron chi connectivity index (χ3n) is 5.10. The van der Waals surface area contributed by atoms with Gasteiger partial charge in [0.25, 0.3) is 0 Å². The highest BCUT2D eigenvalue weighted by Crippen LogP contribution is 2.46. The average Bonchev–Trinajstić information content (AvgIpc) is 3.10. The van der Waals surface area contributed by atoms with E-state index in [9.17, 15) is 14.3 Å². The summed E-state index contributed by atoms with van der Waals surface area (Å²) in [6, 6.07) is 5.36. The smallest absolute Gasteiger partial charge is 0.306 e. The minimum Gasteiger partial charge on any atom is -0.481 e. The summed E-state index contributed by atoms with van der Waals surface area (Å²) in [4.78, 5) is 11.3. The Morgan fingerprint density at radius 1 is 1.33 bits per heavy atom. The van der Waals surface area contributed by atoms with Gasteiger partial charge in [0.05, 0.1) is 11.4 Å². The van der Waals surface area contributed by atoms with Crippen molar-refractivity contribution in [2.45, 2.75) is 44.6 Å². The molecule has 21 heavy (non-hydrogen) atoms. The number of nitrogens with zero attached hydrogens (tertiary/aromatic N) is 1. The maximum Gasteiger partial charge on any atom is 0.306 e. The zero-order valence-corrected chi connectivity index (χ0v) is 12.0. The zero-order chi connectivity index (χ0) is 14.7. The van der Waals surface area contributed by atoms with E-state index in [2.05, 4.69) is 10.6 Å². The SMILES string of the molecule is CC(C(=O)O)C1CCn2c1cc1c(C3CC3)cc(F)cc12. The molecule has 1 aromatic heterocycles. The number of carboxylic acid groups (broad SMARTS) is 1. The third kappa shape index (κ3) is 1.88. The predicted molar refractivity (Wildman–Crippen MR) is 78.0 cm³/mol. The molecular weight excluding hydrogens is 269 g/mol. The zero-order valence-electron chi connectivity index (χ0n) is 12.0. The number of fused-ring (bicyclic) bond motifs is 3. The first-order chi connectivity index (χ1) is 10.1. The number of hydrogen-bond acceptors (Lipinski definition) is 1. The number of carbonyl (C=O) groups is 1. The first kappa shape index (κ1) is 12.9. The molecule has 110 valence electrons. The van der Waals surface area contributed by atoms with Crippen molar-refractivity contribution < 1.29 is 14.3 Å². The Balaban J connectivity index is 1.88. The summed E-state index contributed by atoms with van der Waals surface area (Å²) in [5.74, 6) is -0.816. The summed E-state index contributed by atoms with van der Waals surface area (Å²) in [5.41, 5.74) is 3.10. The van der Waals surface area contributed by atoms with E-state index in [1.54, 1.807) is 19.1 Å². The van der Waals surface area contributed by atoms with Crippen LogP contribution in [0.2, 0.25) is 0 Å². The molecule has 0 amide bonds. The molecule has 1 saturated carbocycles. The fraction of sp³-hybridized carbons (Fsp3) is 0.471. The molecule has 1 aromatic carbocycles. The van der Waals surface area contributed by atoms with Gasteiger partial charge in [0.15, 0.2) is 0 Å². The molecule has 3 nitrogen and oxygen atoms in total. The van der Waals surface area contributed by atoms with Crippen molar-refractivity contribution in [2.75, 3.05) is 0 Å². The van der Waals surface area contributed by atoms with Crippen molar-refractivity contribution in [1.29, 1.82) is 0 Å². The minimum atomic E-state index is -0.757. The topological polar surface area (TPSA) is 42.2 Å². The second-order valence-electron chi connectivity index (χ2n) is 6.45. The van der Waals surface area contributed by atoms with Crippen LogP contribution in [0.3, 0.4) is 0 Å². The van der Waals surface area contributed by atoms with Gasteiger partial charge in [-0.1, -0.05) is 6.92 Å². The Morgan fingerprint density at radius 2 is 2.10 bits per heavy atom. The van der Waals surface area contributed by atoms with Crippen LogP contribution < -0.4 is 0 Å². The minimum absolute atomic E-state index is 0.0324. The van der Waals surface area contributed by atoms with Crippen molar-refractivity contribution in [2.24, 2.45) is 5.92 Å². The van der Waals surface area contributed by atoms with E-state index in [0.29, 0.717) is 5.92 Å². The van der Waals surface area contributed by atoms with E-state index in [1.165, 1.54) is 0 Å². The Hall–Kier alpha value is -1.84. The Bertz CT molecular complexity index is 745. The molecule has 1 N–H and O–H groups in total. The van der Waals surface area contributed by atoms with E-state index in [4.69, 9.17) is 0 Å². The highest BCUT2D eigenvalue weighted by Gasteiger charge is 2.34. The molecule has 4 rings (SSSR count). The van der Waals surface area contributed by atoms with Crippen LogP contribution in [-0.4, -0.2) is 15.6 Å². The van der Waals surface area contributed by atoms with E-state index in [1.807, 2.05) is 0 Å². The average molecular weight is 287 g/mol. The molecule has 2 aliphatic rings. The molecule has 1 aliphatic heterocycles. The van der Waals surface area contributed by atoms with Crippen LogP contribution in [0.4, 0.5) is 4.39 Å². The van der Waals surface area contributed by atoms with Crippen LogP contribution in [-0.2, 0) is 11.3 Å². The van der Waals surface area contributed by atoms with E-state index in [0.717, 1.165) is 48.0 Å². The second-order valence-corrected chi connectivity index (χ2v) is 6.45. The Labute approximate surface area is 122 Å². The van der Waals surface area contributed by atoms with E-state index >= 15 is 0 Å². The number of benzene rings is 1. The monoisotopic (exact) mass is 287 g/mol. The fourth-order valence-electron chi connectivity index (χ4n) is 3.75. The Morgan fingerprint density at radius 3 is 2.76 bits per heavy atom. The lowest BCUT2D eigenvalue weighted by Gasteiger charge is -2.13. The van der Waals surface area contributed by atoms with Crippen molar-refractivity contribution in [3.8, 4) is 0 Å². The van der Waals surface area contributed by atoms with Gasteiger partial charge in [0.1, 0.15) is 5.82 Å². The lowest BCUT2D eigenvalue weighted by atomic mass is 9.90. The van der Waals surface area contributed by atoms with Gasteiger partial charge in [-0.3, -0.25) is 4.79 Å². The second kappa shape index (κ2) is 4.33. The van der Waals surface area contributed by atoms with Crippen molar-refractivity contribution in [1.82, 2.24) is 4.57 Å². The number of aliphatic carboxylic acids is 1. The summed E-state index contributed by atoms with van der Waals surface area (Å²) >= 11 is 0. The van der Waals surface area contributed by atoms with Crippen molar-refractivity contribution >= 4 is 16.9 Å². The number of aromatic nitrogens is 1. The normalized spacial score (nSPS) is 22.5. The molecule has 1 aliphatic carbocycles.